The van der Waals surface area contributed by atoms with Crippen LogP contribution in [0.25, 0.3) is 0 Å². The lowest BCUT2D eigenvalue weighted by atomic mass is 10.2. The Balaban J connectivity index is -0.00000158. The van der Waals surface area contributed by atoms with Crippen LogP contribution in [0.4, 0.5) is 0 Å². The Morgan fingerprint density at radius 2 is 1.59 bits per heavy atom. The monoisotopic (exact) mass is 417 g/mol. The predicted molar refractivity (Wildman–Crippen MR) is 122 cm³/mol. The van der Waals surface area contributed by atoms with Crippen LogP contribution in [0.2, 0.25) is 0 Å². The zero-order valence-electron chi connectivity index (χ0n) is 19.9. The highest BCUT2D eigenvalue weighted by atomic mass is 16.5. The van der Waals surface area contributed by atoms with Crippen LogP contribution in [0, 0.1) is 17.8 Å². The predicted octanol–water partition coefficient (Wildman–Crippen LogP) is 2.54. The Labute approximate surface area is 179 Å². The van der Waals surface area contributed by atoms with E-state index in [-0.39, 0.29) is 12.1 Å². The van der Waals surface area contributed by atoms with Crippen molar-refractivity contribution in [1.29, 1.82) is 0 Å². The number of nitrogens with two attached hydrogens (primary N) is 1. The summed E-state index contributed by atoms with van der Waals surface area (Å²) in [6.07, 6.45) is 1.91. The quantitative estimate of drug-likeness (QED) is 0.215. The molecule has 0 fully saturated rings. The third-order valence-corrected chi connectivity index (χ3v) is 3.09. The first-order chi connectivity index (χ1) is 14.1. The minimum Gasteiger partial charge on any atom is -0.379 e. The van der Waals surface area contributed by atoms with E-state index in [0.29, 0.717) is 51.9 Å². The van der Waals surface area contributed by atoms with E-state index >= 15 is 0 Å². The highest BCUT2D eigenvalue weighted by molar-refractivity contribution is 5.76. The summed E-state index contributed by atoms with van der Waals surface area (Å²) in [5.41, 5.74) is 5.80. The van der Waals surface area contributed by atoms with Crippen LogP contribution in [0.1, 0.15) is 60.8 Å². The Bertz CT molecular complexity index is 382. The number of carbonyl (C=O) groups is 1. The average molecular weight is 418 g/mol. The first-order valence-electron chi connectivity index (χ1n) is 11.0. The molecular weight excluding hydrogens is 370 g/mol. The maximum Gasteiger partial charge on any atom is 0.223 e. The van der Waals surface area contributed by atoms with Crippen LogP contribution in [0.5, 0.6) is 0 Å². The lowest BCUT2D eigenvalue weighted by molar-refractivity contribution is -0.122. The number of amides is 1. The van der Waals surface area contributed by atoms with Crippen molar-refractivity contribution in [1.82, 2.24) is 10.6 Å². The van der Waals surface area contributed by atoms with Crippen LogP contribution < -0.4 is 16.4 Å². The number of ether oxygens (including phenoxy) is 3. The van der Waals surface area contributed by atoms with E-state index in [1.54, 1.807) is 0 Å². The third kappa shape index (κ3) is 31.7. The van der Waals surface area contributed by atoms with Crippen LogP contribution in [0.15, 0.2) is 0 Å². The van der Waals surface area contributed by atoms with Gasteiger partial charge in [0.1, 0.15) is 6.23 Å². The SMILES string of the molecule is CC.CC.CNCCCC(N)OCCOCCOCCC(=O)NCC#CC(C)C. The van der Waals surface area contributed by atoms with Gasteiger partial charge in [-0.2, -0.15) is 0 Å². The van der Waals surface area contributed by atoms with E-state index in [1.807, 2.05) is 48.6 Å². The molecule has 0 saturated carbocycles. The zero-order chi connectivity index (χ0) is 22.8. The van der Waals surface area contributed by atoms with Crippen molar-refractivity contribution < 1.29 is 19.0 Å². The standard InChI is InChI=1S/C18H35N3O4.2C2H6/c1-16(2)6-4-10-21-18(22)8-11-23-12-13-24-14-15-25-17(19)7-5-9-20-3;2*1-2/h16-17,20H,5,7-15,19H2,1-3H3,(H,21,22);2*1-2H3. The Morgan fingerprint density at radius 3 is 2.17 bits per heavy atom. The van der Waals surface area contributed by atoms with Gasteiger partial charge in [0.2, 0.25) is 5.91 Å². The summed E-state index contributed by atoms with van der Waals surface area (Å²) in [7, 11) is 1.91. The molecule has 0 rings (SSSR count). The molecule has 0 saturated heterocycles. The molecule has 0 radical (unpaired) electrons. The molecular formula is C22H47N3O4. The largest absolute Gasteiger partial charge is 0.379 e. The fourth-order valence-electron chi connectivity index (χ4n) is 1.79. The minimum absolute atomic E-state index is 0.0559. The van der Waals surface area contributed by atoms with Gasteiger partial charge in [-0.15, -0.1) is 0 Å². The first-order valence-corrected chi connectivity index (χ1v) is 11.0. The van der Waals surface area contributed by atoms with Gasteiger partial charge in [-0.3, -0.25) is 4.79 Å². The second-order valence-corrected chi connectivity index (χ2v) is 5.88. The molecule has 1 amide bonds. The summed E-state index contributed by atoms with van der Waals surface area (Å²) < 4.78 is 16.2. The second-order valence-electron chi connectivity index (χ2n) is 5.88. The molecule has 0 aromatic rings. The van der Waals surface area contributed by atoms with E-state index in [0.717, 1.165) is 19.4 Å². The van der Waals surface area contributed by atoms with Crippen molar-refractivity contribution in [2.75, 3.05) is 53.2 Å². The van der Waals surface area contributed by atoms with E-state index in [9.17, 15) is 4.79 Å². The van der Waals surface area contributed by atoms with Crippen molar-refractivity contribution in [3.63, 3.8) is 0 Å². The molecule has 7 nitrogen and oxygen atoms in total. The first kappa shape index (κ1) is 32.5. The molecule has 0 aliphatic rings. The van der Waals surface area contributed by atoms with Gasteiger partial charge in [-0.25, -0.2) is 0 Å². The fourth-order valence-corrected chi connectivity index (χ4v) is 1.79. The van der Waals surface area contributed by atoms with E-state index in [2.05, 4.69) is 22.5 Å². The minimum atomic E-state index is -0.239. The molecule has 0 spiro atoms. The highest BCUT2D eigenvalue weighted by Gasteiger charge is 2.02. The normalized spacial score (nSPS) is 10.7. The average Bonchev–Trinajstić information content (AvgIpc) is 2.73. The van der Waals surface area contributed by atoms with Crippen molar-refractivity contribution in [2.45, 2.75) is 67.0 Å². The number of nitrogens with one attached hydrogen (secondary N) is 2. The van der Waals surface area contributed by atoms with Gasteiger partial charge in [0, 0.05) is 12.3 Å². The van der Waals surface area contributed by atoms with Gasteiger partial charge in [0.05, 0.1) is 39.6 Å². The maximum atomic E-state index is 11.5. The van der Waals surface area contributed by atoms with Crippen molar-refractivity contribution in [2.24, 2.45) is 11.7 Å². The van der Waals surface area contributed by atoms with Crippen LogP contribution in [0.3, 0.4) is 0 Å². The lowest BCUT2D eigenvalue weighted by Gasteiger charge is -2.13. The van der Waals surface area contributed by atoms with Gasteiger partial charge < -0.3 is 30.6 Å². The number of hydrogen-bond donors (Lipinski definition) is 3. The van der Waals surface area contributed by atoms with Gasteiger partial charge >= 0.3 is 0 Å². The molecule has 174 valence electrons. The smallest absolute Gasteiger partial charge is 0.223 e. The molecule has 0 aliphatic heterocycles. The molecule has 0 aromatic heterocycles. The summed E-state index contributed by atoms with van der Waals surface area (Å²) in [6.45, 7) is 15.6. The van der Waals surface area contributed by atoms with E-state index in [4.69, 9.17) is 19.9 Å². The number of hydrogen-bond acceptors (Lipinski definition) is 6. The summed E-state index contributed by atoms with van der Waals surface area (Å²) >= 11 is 0. The molecule has 1 unspecified atom stereocenters. The second kappa shape index (κ2) is 29.0. The van der Waals surface area contributed by atoms with Gasteiger partial charge in [-0.05, 0) is 26.4 Å². The molecule has 0 heterocycles. The van der Waals surface area contributed by atoms with Crippen molar-refractivity contribution in [3.8, 4) is 11.8 Å². The summed E-state index contributed by atoms with van der Waals surface area (Å²) in [5.74, 6) is 6.15. The summed E-state index contributed by atoms with van der Waals surface area (Å²) in [4.78, 5) is 11.5. The molecule has 0 bridgehead atoms. The Hall–Kier alpha value is -1.17. The van der Waals surface area contributed by atoms with Crippen LogP contribution in [-0.2, 0) is 19.0 Å². The van der Waals surface area contributed by atoms with Crippen LogP contribution in [-0.4, -0.2) is 65.3 Å². The third-order valence-electron chi connectivity index (χ3n) is 3.09. The fraction of sp³-hybridized carbons (Fsp3) is 0.864. The van der Waals surface area contributed by atoms with E-state index < -0.39 is 0 Å². The van der Waals surface area contributed by atoms with Crippen molar-refractivity contribution in [3.05, 3.63) is 0 Å². The summed E-state index contributed by atoms with van der Waals surface area (Å²) in [6, 6.07) is 0. The molecule has 4 N–H and O–H groups in total. The van der Waals surface area contributed by atoms with Gasteiger partial charge in [0.15, 0.2) is 0 Å². The van der Waals surface area contributed by atoms with Crippen LogP contribution >= 0.6 is 0 Å². The molecule has 7 heteroatoms. The molecule has 29 heavy (non-hydrogen) atoms. The molecule has 0 aromatic carbocycles. The number of carbonyl (C=O) groups excluding carboxylic acids is 1. The Kier molecular flexibility index (Phi) is 32.5. The number of rotatable bonds is 15. The van der Waals surface area contributed by atoms with Gasteiger partial charge in [0.25, 0.3) is 0 Å². The van der Waals surface area contributed by atoms with Gasteiger partial charge in [-0.1, -0.05) is 53.4 Å². The van der Waals surface area contributed by atoms with E-state index in [1.165, 1.54) is 0 Å². The molecule has 0 aliphatic carbocycles. The van der Waals surface area contributed by atoms with Crippen molar-refractivity contribution >= 4 is 5.91 Å². The lowest BCUT2D eigenvalue weighted by Crippen LogP contribution is -2.27. The maximum absolute atomic E-state index is 11.5. The molecule has 1 atom stereocenters. The summed E-state index contributed by atoms with van der Waals surface area (Å²) in [5, 5.41) is 5.80. The Morgan fingerprint density at radius 1 is 1.00 bits per heavy atom. The zero-order valence-corrected chi connectivity index (χ0v) is 19.9. The highest BCUT2D eigenvalue weighted by Crippen LogP contribution is 1.95. The topological polar surface area (TPSA) is 94.8 Å².